The van der Waals surface area contributed by atoms with E-state index in [-0.39, 0.29) is 0 Å². The number of hydrogen-bond acceptors (Lipinski definition) is 6. The molecular weight excluding hydrogens is 302 g/mol. The first kappa shape index (κ1) is 14.5. The Balaban J connectivity index is 1.19. The number of piperazine rings is 1. The summed E-state index contributed by atoms with van der Waals surface area (Å²) in [5.74, 6) is 2.18. The Hall–Kier alpha value is -1.79. The van der Waals surface area contributed by atoms with Crippen molar-refractivity contribution in [3.8, 4) is 0 Å². The van der Waals surface area contributed by atoms with E-state index in [2.05, 4.69) is 50.1 Å². The molecule has 0 radical (unpaired) electrons. The molecule has 2 bridgehead atoms. The summed E-state index contributed by atoms with van der Waals surface area (Å²) in [5, 5.41) is 8.44. The fraction of sp³-hybridized carbons (Fsp3) is 0.611. The average Bonchev–Trinajstić information content (AvgIpc) is 3.32. The molecule has 0 amide bonds. The normalized spacial score (nSPS) is 27.2. The number of rotatable bonds is 5. The summed E-state index contributed by atoms with van der Waals surface area (Å²) in [6, 6.07) is 7.51. The van der Waals surface area contributed by atoms with Gasteiger partial charge in [-0.2, -0.15) is 0 Å². The molecular formula is C18H23N5O. The molecule has 0 spiro atoms. The summed E-state index contributed by atoms with van der Waals surface area (Å²) in [7, 11) is 0. The third-order valence-electron chi connectivity index (χ3n) is 5.48. The van der Waals surface area contributed by atoms with Crippen LogP contribution >= 0.6 is 0 Å². The summed E-state index contributed by atoms with van der Waals surface area (Å²) in [5.41, 5.74) is 2.27. The Morgan fingerprint density at radius 1 is 1.12 bits per heavy atom. The molecule has 0 aromatic carbocycles. The predicted octanol–water partition coefficient (Wildman–Crippen LogP) is 2.11. The number of pyridine rings is 1. The molecule has 6 heteroatoms. The highest BCUT2D eigenvalue weighted by atomic mass is 16.4. The van der Waals surface area contributed by atoms with Crippen molar-refractivity contribution < 1.29 is 4.42 Å². The van der Waals surface area contributed by atoms with Crippen LogP contribution in [0.15, 0.2) is 22.6 Å². The van der Waals surface area contributed by atoms with Crippen LogP contribution in [0.3, 0.4) is 0 Å². The third kappa shape index (κ3) is 2.74. The number of fused-ring (bicyclic) bond motifs is 2. The van der Waals surface area contributed by atoms with Crippen LogP contribution in [0, 0.1) is 6.92 Å². The SMILES string of the molecule is Cc1cccc(CN2CC3CC(C2)N3Cc2nnc(C3CC3)o2)n1. The minimum atomic E-state index is 0.541. The zero-order chi connectivity index (χ0) is 16.1. The molecule has 2 unspecified atom stereocenters. The molecule has 1 aliphatic carbocycles. The van der Waals surface area contributed by atoms with Crippen molar-refractivity contribution >= 4 is 0 Å². The van der Waals surface area contributed by atoms with Gasteiger partial charge in [0, 0.05) is 43.3 Å². The van der Waals surface area contributed by atoms with Crippen LogP contribution in [0.2, 0.25) is 0 Å². The minimum absolute atomic E-state index is 0.541. The maximum atomic E-state index is 5.83. The van der Waals surface area contributed by atoms with E-state index in [0.29, 0.717) is 18.0 Å². The molecule has 6 rings (SSSR count). The van der Waals surface area contributed by atoms with Crippen LogP contribution in [0.1, 0.15) is 48.3 Å². The maximum Gasteiger partial charge on any atom is 0.230 e. The van der Waals surface area contributed by atoms with Gasteiger partial charge in [0.25, 0.3) is 0 Å². The highest BCUT2D eigenvalue weighted by Crippen LogP contribution is 2.39. The van der Waals surface area contributed by atoms with E-state index in [1.807, 2.05) is 0 Å². The highest BCUT2D eigenvalue weighted by Gasteiger charge is 2.45. The summed E-state index contributed by atoms with van der Waals surface area (Å²) in [6.07, 6.45) is 3.71. The van der Waals surface area contributed by atoms with Gasteiger partial charge in [-0.1, -0.05) is 6.07 Å². The monoisotopic (exact) mass is 325 g/mol. The van der Waals surface area contributed by atoms with Gasteiger partial charge >= 0.3 is 0 Å². The van der Waals surface area contributed by atoms with Gasteiger partial charge in [-0.25, -0.2) is 0 Å². The predicted molar refractivity (Wildman–Crippen MR) is 88.3 cm³/mol. The molecule has 24 heavy (non-hydrogen) atoms. The summed E-state index contributed by atoms with van der Waals surface area (Å²) < 4.78 is 5.83. The minimum Gasteiger partial charge on any atom is -0.424 e. The van der Waals surface area contributed by atoms with Crippen molar-refractivity contribution in [2.45, 2.75) is 57.3 Å². The average molecular weight is 325 g/mol. The number of aromatic nitrogens is 3. The topological polar surface area (TPSA) is 58.3 Å². The molecule has 3 saturated heterocycles. The van der Waals surface area contributed by atoms with Crippen molar-refractivity contribution in [2.24, 2.45) is 0 Å². The Morgan fingerprint density at radius 3 is 2.71 bits per heavy atom. The maximum absolute atomic E-state index is 5.83. The fourth-order valence-electron chi connectivity index (χ4n) is 4.06. The lowest BCUT2D eigenvalue weighted by molar-refractivity contribution is -0.0816. The molecule has 2 atom stereocenters. The zero-order valence-corrected chi connectivity index (χ0v) is 14.1. The number of hydrogen-bond donors (Lipinski definition) is 0. The molecule has 4 fully saturated rings. The zero-order valence-electron chi connectivity index (χ0n) is 14.1. The van der Waals surface area contributed by atoms with Crippen LogP contribution in [0.5, 0.6) is 0 Å². The standard InChI is InChI=1S/C18H23N5O/c1-12-3-2-4-14(19-12)8-22-9-15-7-16(10-22)23(15)11-17-20-21-18(24-17)13-5-6-13/h2-4,13,15-16H,5-11H2,1H3. The van der Waals surface area contributed by atoms with Gasteiger partial charge in [0.2, 0.25) is 11.8 Å². The van der Waals surface area contributed by atoms with Crippen molar-refractivity contribution in [3.05, 3.63) is 41.4 Å². The lowest BCUT2D eigenvalue weighted by Crippen LogP contribution is -2.67. The molecule has 3 aliphatic heterocycles. The summed E-state index contributed by atoms with van der Waals surface area (Å²) in [4.78, 5) is 9.69. The second kappa shape index (κ2) is 5.63. The number of aryl methyl sites for hydroxylation is 1. The van der Waals surface area contributed by atoms with Crippen molar-refractivity contribution in [3.63, 3.8) is 0 Å². The highest BCUT2D eigenvalue weighted by molar-refractivity contribution is 5.11. The Morgan fingerprint density at radius 2 is 1.96 bits per heavy atom. The summed E-state index contributed by atoms with van der Waals surface area (Å²) in [6.45, 7) is 6.03. The van der Waals surface area contributed by atoms with Crippen molar-refractivity contribution in [1.29, 1.82) is 0 Å². The Kier molecular flexibility index (Phi) is 3.41. The van der Waals surface area contributed by atoms with Gasteiger partial charge in [0.15, 0.2) is 0 Å². The van der Waals surface area contributed by atoms with Gasteiger partial charge in [0.05, 0.1) is 12.2 Å². The molecule has 2 aromatic rings. The first-order valence-corrected chi connectivity index (χ1v) is 8.97. The van der Waals surface area contributed by atoms with E-state index in [0.717, 1.165) is 43.7 Å². The van der Waals surface area contributed by atoms with Gasteiger partial charge < -0.3 is 4.42 Å². The lowest BCUT2D eigenvalue weighted by atomic mass is 9.87. The number of piperidine rings is 1. The van der Waals surface area contributed by atoms with Crippen molar-refractivity contribution in [1.82, 2.24) is 25.0 Å². The fourth-order valence-corrected chi connectivity index (χ4v) is 4.06. The molecule has 2 aromatic heterocycles. The Labute approximate surface area is 141 Å². The molecule has 6 nitrogen and oxygen atoms in total. The molecule has 5 heterocycles. The van der Waals surface area contributed by atoms with Crippen molar-refractivity contribution in [2.75, 3.05) is 13.1 Å². The first-order chi connectivity index (χ1) is 11.7. The van der Waals surface area contributed by atoms with Crippen LogP contribution in [-0.4, -0.2) is 50.2 Å². The van der Waals surface area contributed by atoms with Crippen LogP contribution in [0.4, 0.5) is 0 Å². The van der Waals surface area contributed by atoms with Gasteiger partial charge in [-0.3, -0.25) is 14.8 Å². The van der Waals surface area contributed by atoms with E-state index in [1.54, 1.807) is 0 Å². The Bertz CT molecular complexity index is 729. The van der Waals surface area contributed by atoms with E-state index in [1.165, 1.54) is 25.0 Å². The molecule has 1 saturated carbocycles. The number of nitrogens with zero attached hydrogens (tertiary/aromatic N) is 5. The van der Waals surface area contributed by atoms with Crippen LogP contribution in [0.25, 0.3) is 0 Å². The quantitative estimate of drug-likeness (QED) is 0.839. The van der Waals surface area contributed by atoms with Gasteiger partial charge in [-0.15, -0.1) is 10.2 Å². The lowest BCUT2D eigenvalue weighted by Gasteiger charge is -2.56. The van der Waals surface area contributed by atoms with Crippen LogP contribution in [-0.2, 0) is 13.1 Å². The first-order valence-electron chi connectivity index (χ1n) is 8.97. The van der Waals surface area contributed by atoms with E-state index >= 15 is 0 Å². The molecule has 4 aliphatic rings. The van der Waals surface area contributed by atoms with E-state index < -0.39 is 0 Å². The second-order valence-electron chi connectivity index (χ2n) is 7.49. The third-order valence-corrected chi connectivity index (χ3v) is 5.48. The van der Waals surface area contributed by atoms with Crippen LogP contribution < -0.4 is 0 Å². The van der Waals surface area contributed by atoms with E-state index in [9.17, 15) is 0 Å². The van der Waals surface area contributed by atoms with Gasteiger partial charge in [-0.05, 0) is 38.3 Å². The van der Waals surface area contributed by atoms with E-state index in [4.69, 9.17) is 4.42 Å². The smallest absolute Gasteiger partial charge is 0.230 e. The van der Waals surface area contributed by atoms with Gasteiger partial charge in [0.1, 0.15) is 0 Å². The molecule has 126 valence electrons. The second-order valence-corrected chi connectivity index (χ2v) is 7.49. The molecule has 0 N–H and O–H groups in total. The largest absolute Gasteiger partial charge is 0.424 e. The summed E-state index contributed by atoms with van der Waals surface area (Å²) >= 11 is 0.